The maximum atomic E-state index is 12.6. The molecule has 0 amide bonds. The topological polar surface area (TPSA) is 89.1 Å². The van der Waals surface area contributed by atoms with E-state index in [0.717, 1.165) is 0 Å². The second-order valence-corrected chi connectivity index (χ2v) is 4.86. The fourth-order valence-electron chi connectivity index (χ4n) is 2.44. The first-order chi connectivity index (χ1) is 10.6. The molecular weight excluding hydrogens is 288 g/mol. The van der Waals surface area contributed by atoms with Crippen LogP contribution in [-0.4, -0.2) is 17.0 Å². The van der Waals surface area contributed by atoms with Gasteiger partial charge < -0.3 is 24.1 Å². The third-order valence-corrected chi connectivity index (χ3v) is 3.58. The number of hydrogen-bond donors (Lipinski definition) is 2. The van der Waals surface area contributed by atoms with Gasteiger partial charge in [-0.25, -0.2) is 0 Å². The lowest BCUT2D eigenvalue weighted by molar-refractivity contribution is 0.174. The largest absolute Gasteiger partial charge is 0.504 e. The fraction of sp³-hybridized carbons (Fsp3) is 0.0625. The first-order valence-electron chi connectivity index (χ1n) is 6.51. The highest BCUT2D eigenvalue weighted by molar-refractivity contribution is 5.87. The van der Waals surface area contributed by atoms with Crippen LogP contribution >= 0.6 is 0 Å². The Balaban J connectivity index is 1.95. The SMILES string of the molecule is O=c1c(-c2ccc3c(c2)OCO3)coc2c(O)c(O)ccc12. The summed E-state index contributed by atoms with van der Waals surface area (Å²) in [6.07, 6.45) is 1.25. The molecule has 6 nitrogen and oxygen atoms in total. The Bertz CT molecular complexity index is 957. The summed E-state index contributed by atoms with van der Waals surface area (Å²) in [7, 11) is 0. The van der Waals surface area contributed by atoms with Gasteiger partial charge in [-0.15, -0.1) is 0 Å². The van der Waals surface area contributed by atoms with Crippen molar-refractivity contribution < 1.29 is 24.1 Å². The molecule has 0 atom stereocenters. The molecule has 0 spiro atoms. The summed E-state index contributed by atoms with van der Waals surface area (Å²) in [4.78, 5) is 12.6. The number of fused-ring (bicyclic) bond motifs is 2. The van der Waals surface area contributed by atoms with Gasteiger partial charge in [0.05, 0.1) is 10.9 Å². The summed E-state index contributed by atoms with van der Waals surface area (Å²) < 4.78 is 15.9. The van der Waals surface area contributed by atoms with Gasteiger partial charge in [-0.05, 0) is 29.8 Å². The van der Waals surface area contributed by atoms with Crippen LogP contribution in [0.1, 0.15) is 0 Å². The van der Waals surface area contributed by atoms with Crippen LogP contribution in [0.4, 0.5) is 0 Å². The van der Waals surface area contributed by atoms with Crippen molar-refractivity contribution in [2.24, 2.45) is 0 Å². The van der Waals surface area contributed by atoms with Crippen LogP contribution in [0, 0.1) is 0 Å². The van der Waals surface area contributed by atoms with Gasteiger partial charge in [-0.3, -0.25) is 4.79 Å². The maximum absolute atomic E-state index is 12.6. The highest BCUT2D eigenvalue weighted by Crippen LogP contribution is 2.37. The summed E-state index contributed by atoms with van der Waals surface area (Å²) in [6.45, 7) is 0.151. The molecule has 2 aromatic carbocycles. The van der Waals surface area contributed by atoms with Gasteiger partial charge in [0, 0.05) is 0 Å². The first kappa shape index (κ1) is 12.6. The van der Waals surface area contributed by atoms with E-state index in [2.05, 4.69) is 0 Å². The predicted octanol–water partition coefficient (Wildman–Crippen LogP) is 2.60. The molecule has 0 saturated heterocycles. The lowest BCUT2D eigenvalue weighted by atomic mass is 10.0. The van der Waals surface area contributed by atoms with Gasteiger partial charge in [0.2, 0.25) is 18.0 Å². The zero-order chi connectivity index (χ0) is 15.3. The summed E-state index contributed by atoms with van der Waals surface area (Å²) in [6, 6.07) is 7.80. The first-order valence-corrected chi connectivity index (χ1v) is 6.51. The van der Waals surface area contributed by atoms with Crippen molar-refractivity contribution in [3.05, 3.63) is 46.8 Å². The number of rotatable bonds is 1. The van der Waals surface area contributed by atoms with E-state index in [4.69, 9.17) is 13.9 Å². The Morgan fingerprint density at radius 3 is 2.68 bits per heavy atom. The number of aromatic hydroxyl groups is 2. The molecule has 110 valence electrons. The number of phenols is 2. The van der Waals surface area contributed by atoms with Crippen LogP contribution in [0.25, 0.3) is 22.1 Å². The summed E-state index contributed by atoms with van der Waals surface area (Å²) in [5, 5.41) is 19.4. The minimum absolute atomic E-state index is 0.0468. The average molecular weight is 298 g/mol. The summed E-state index contributed by atoms with van der Waals surface area (Å²) in [5.74, 6) is 0.389. The molecule has 2 N–H and O–H groups in total. The molecule has 0 fully saturated rings. The highest BCUT2D eigenvalue weighted by atomic mass is 16.7. The van der Waals surface area contributed by atoms with E-state index in [0.29, 0.717) is 22.6 Å². The number of hydrogen-bond acceptors (Lipinski definition) is 6. The van der Waals surface area contributed by atoms with E-state index >= 15 is 0 Å². The molecule has 0 radical (unpaired) electrons. The van der Waals surface area contributed by atoms with Gasteiger partial charge in [0.25, 0.3) is 0 Å². The minimum atomic E-state index is -0.452. The highest BCUT2D eigenvalue weighted by Gasteiger charge is 2.18. The van der Waals surface area contributed by atoms with E-state index in [1.807, 2.05) is 0 Å². The monoisotopic (exact) mass is 298 g/mol. The van der Waals surface area contributed by atoms with Crippen molar-refractivity contribution in [3.8, 4) is 34.1 Å². The molecule has 3 aromatic rings. The summed E-state index contributed by atoms with van der Waals surface area (Å²) in [5.41, 5.74) is 0.591. The number of ether oxygens (including phenoxy) is 2. The van der Waals surface area contributed by atoms with Crippen LogP contribution in [0.2, 0.25) is 0 Å². The molecule has 4 rings (SSSR count). The van der Waals surface area contributed by atoms with Crippen LogP contribution in [0.15, 0.2) is 45.8 Å². The minimum Gasteiger partial charge on any atom is -0.504 e. The van der Waals surface area contributed by atoms with Gasteiger partial charge in [0.1, 0.15) is 6.26 Å². The van der Waals surface area contributed by atoms with Crippen molar-refractivity contribution in [1.82, 2.24) is 0 Å². The van der Waals surface area contributed by atoms with Crippen molar-refractivity contribution in [3.63, 3.8) is 0 Å². The average Bonchev–Trinajstić information content (AvgIpc) is 2.99. The Morgan fingerprint density at radius 2 is 1.82 bits per heavy atom. The smallest absolute Gasteiger partial charge is 0.231 e. The molecule has 1 aromatic heterocycles. The third-order valence-electron chi connectivity index (χ3n) is 3.58. The fourth-order valence-corrected chi connectivity index (χ4v) is 2.44. The van der Waals surface area contributed by atoms with E-state index in [1.165, 1.54) is 18.4 Å². The Hall–Kier alpha value is -3.15. The molecule has 1 aliphatic rings. The normalized spacial score (nSPS) is 12.7. The molecule has 1 aliphatic heterocycles. The molecule has 0 unspecified atom stereocenters. The Labute approximate surface area is 123 Å². The van der Waals surface area contributed by atoms with Crippen LogP contribution in [-0.2, 0) is 0 Å². The van der Waals surface area contributed by atoms with E-state index in [9.17, 15) is 15.0 Å². The lowest BCUT2D eigenvalue weighted by Gasteiger charge is -2.05. The van der Waals surface area contributed by atoms with E-state index < -0.39 is 5.75 Å². The van der Waals surface area contributed by atoms with Gasteiger partial charge >= 0.3 is 0 Å². The quantitative estimate of drug-likeness (QED) is 0.671. The van der Waals surface area contributed by atoms with Crippen LogP contribution < -0.4 is 14.9 Å². The van der Waals surface area contributed by atoms with Gasteiger partial charge in [0.15, 0.2) is 22.8 Å². The van der Waals surface area contributed by atoms with Gasteiger partial charge in [-0.2, -0.15) is 0 Å². The molecule has 22 heavy (non-hydrogen) atoms. The Morgan fingerprint density at radius 1 is 1.00 bits per heavy atom. The standard InChI is InChI=1S/C16H10O6/c17-11-3-2-9-14(18)10(6-20-16(9)15(11)19)8-1-4-12-13(5-8)22-7-21-12/h1-6,17,19H,7H2. The van der Waals surface area contributed by atoms with Gasteiger partial charge in [-0.1, -0.05) is 6.07 Å². The molecule has 0 saturated carbocycles. The Kier molecular flexibility index (Phi) is 2.53. The van der Waals surface area contributed by atoms with E-state index in [-0.39, 0.29) is 28.9 Å². The second kappa shape index (κ2) is 4.42. The van der Waals surface area contributed by atoms with E-state index in [1.54, 1.807) is 18.2 Å². The molecule has 2 heterocycles. The molecule has 0 aliphatic carbocycles. The van der Waals surface area contributed by atoms with Crippen molar-refractivity contribution in [2.75, 3.05) is 6.79 Å². The molecular formula is C16H10O6. The molecule has 0 bridgehead atoms. The van der Waals surface area contributed by atoms with Crippen molar-refractivity contribution in [2.45, 2.75) is 0 Å². The van der Waals surface area contributed by atoms with Crippen LogP contribution in [0.5, 0.6) is 23.0 Å². The molecule has 6 heteroatoms. The van der Waals surface area contributed by atoms with Crippen molar-refractivity contribution >= 4 is 11.0 Å². The number of phenolic OH excluding ortho intramolecular Hbond substituents is 2. The third kappa shape index (κ3) is 1.70. The predicted molar refractivity (Wildman–Crippen MR) is 77.4 cm³/mol. The zero-order valence-electron chi connectivity index (χ0n) is 11.2. The number of benzene rings is 2. The lowest BCUT2D eigenvalue weighted by Crippen LogP contribution is -2.04. The zero-order valence-corrected chi connectivity index (χ0v) is 11.2. The van der Waals surface area contributed by atoms with Crippen LogP contribution in [0.3, 0.4) is 0 Å². The summed E-state index contributed by atoms with van der Waals surface area (Å²) >= 11 is 0. The second-order valence-electron chi connectivity index (χ2n) is 4.86. The maximum Gasteiger partial charge on any atom is 0.231 e. The van der Waals surface area contributed by atoms with Crippen molar-refractivity contribution in [1.29, 1.82) is 0 Å².